The molecule has 2 aromatic rings. The van der Waals surface area contributed by atoms with E-state index < -0.39 is 0 Å². The number of nitrogens with zero attached hydrogens (tertiary/aromatic N) is 1. The van der Waals surface area contributed by atoms with Crippen LogP contribution in [0.1, 0.15) is 37.3 Å². The molecule has 1 aromatic carbocycles. The Morgan fingerprint density at radius 1 is 1.08 bits per heavy atom. The van der Waals surface area contributed by atoms with Crippen LogP contribution >= 0.6 is 11.6 Å². The van der Waals surface area contributed by atoms with Crippen LogP contribution in [-0.4, -0.2) is 18.6 Å². The summed E-state index contributed by atoms with van der Waals surface area (Å²) in [5.74, 6) is 1.50. The Morgan fingerprint density at radius 3 is 2.62 bits per heavy atom. The van der Waals surface area contributed by atoms with Gasteiger partial charge in [-0.25, -0.2) is 4.98 Å². The first-order valence-electron chi connectivity index (χ1n) is 8.44. The zero-order chi connectivity index (χ0) is 17.2. The molecule has 0 radical (unpaired) electrons. The molecular weight excluding hydrogens is 324 g/mol. The maximum Gasteiger partial charge on any atom is 0.161 e. The fourth-order valence-corrected chi connectivity index (χ4v) is 2.53. The number of halogens is 1. The highest BCUT2D eigenvalue weighted by Crippen LogP contribution is 2.28. The van der Waals surface area contributed by atoms with E-state index in [2.05, 4.69) is 23.3 Å². The molecule has 0 saturated carbocycles. The second-order valence-corrected chi connectivity index (χ2v) is 6.14. The minimum atomic E-state index is 0.434. The molecule has 24 heavy (non-hydrogen) atoms. The first-order chi connectivity index (χ1) is 11.7. The van der Waals surface area contributed by atoms with Gasteiger partial charge in [0.15, 0.2) is 11.5 Å². The number of hydrogen-bond acceptors (Lipinski definition) is 3. The SMILES string of the molecule is CCCCC[NH2+]Cc1ccc(OCc2ccc(Cl)nc2)c(OC)c1. The molecule has 2 rings (SSSR count). The number of rotatable bonds is 10. The average molecular weight is 350 g/mol. The number of quaternary nitrogens is 1. The Balaban J connectivity index is 1.89. The van der Waals surface area contributed by atoms with E-state index >= 15 is 0 Å². The highest BCUT2D eigenvalue weighted by molar-refractivity contribution is 6.29. The smallest absolute Gasteiger partial charge is 0.161 e. The van der Waals surface area contributed by atoms with E-state index in [1.54, 1.807) is 19.4 Å². The first kappa shape index (κ1) is 18.6. The normalized spacial score (nSPS) is 10.6. The van der Waals surface area contributed by atoms with Crippen molar-refractivity contribution in [2.24, 2.45) is 0 Å². The van der Waals surface area contributed by atoms with E-state index in [1.165, 1.54) is 24.8 Å². The Hall–Kier alpha value is -1.78. The van der Waals surface area contributed by atoms with Crippen LogP contribution in [0.3, 0.4) is 0 Å². The summed E-state index contributed by atoms with van der Waals surface area (Å²) >= 11 is 5.79. The summed E-state index contributed by atoms with van der Waals surface area (Å²) in [4.78, 5) is 4.05. The van der Waals surface area contributed by atoms with E-state index in [9.17, 15) is 0 Å². The van der Waals surface area contributed by atoms with Crippen molar-refractivity contribution in [3.63, 3.8) is 0 Å². The number of hydrogen-bond donors (Lipinski definition) is 1. The highest BCUT2D eigenvalue weighted by atomic mass is 35.5. The van der Waals surface area contributed by atoms with Crippen LogP contribution in [0, 0.1) is 0 Å². The number of nitrogens with two attached hydrogens (primary N) is 1. The van der Waals surface area contributed by atoms with Crippen LogP contribution in [0.5, 0.6) is 11.5 Å². The molecule has 0 aliphatic carbocycles. The monoisotopic (exact) mass is 349 g/mol. The quantitative estimate of drug-likeness (QED) is 0.527. The third kappa shape index (κ3) is 6.02. The standard InChI is InChI=1S/C19H25ClN2O2/c1-3-4-5-10-21-12-15-6-8-17(18(11-15)23-2)24-14-16-7-9-19(20)22-13-16/h6-9,11,13,21H,3-5,10,12,14H2,1-2H3/p+1. The molecular formula is C19H26ClN2O2+. The van der Waals surface area contributed by atoms with Gasteiger partial charge < -0.3 is 14.8 Å². The third-order valence-electron chi connectivity index (χ3n) is 3.80. The number of unbranched alkanes of at least 4 members (excludes halogenated alkanes) is 2. The van der Waals surface area contributed by atoms with Gasteiger partial charge >= 0.3 is 0 Å². The molecule has 0 fully saturated rings. The van der Waals surface area contributed by atoms with Crippen molar-refractivity contribution in [3.05, 3.63) is 52.8 Å². The molecule has 0 aliphatic rings. The lowest BCUT2D eigenvalue weighted by Gasteiger charge is -2.12. The minimum absolute atomic E-state index is 0.434. The molecule has 2 N–H and O–H groups in total. The fraction of sp³-hybridized carbons (Fsp3) is 0.421. The van der Waals surface area contributed by atoms with Crippen molar-refractivity contribution >= 4 is 11.6 Å². The predicted octanol–water partition coefficient (Wildman–Crippen LogP) is 3.58. The zero-order valence-electron chi connectivity index (χ0n) is 14.4. The molecule has 1 aromatic heterocycles. The summed E-state index contributed by atoms with van der Waals surface area (Å²) in [5, 5.41) is 2.82. The van der Waals surface area contributed by atoms with Gasteiger partial charge in [0.1, 0.15) is 18.3 Å². The number of pyridine rings is 1. The Morgan fingerprint density at radius 2 is 1.92 bits per heavy atom. The highest BCUT2D eigenvalue weighted by Gasteiger charge is 2.07. The van der Waals surface area contributed by atoms with E-state index in [1.807, 2.05) is 18.2 Å². The second kappa shape index (κ2) is 10.2. The molecule has 0 atom stereocenters. The Bertz CT molecular complexity index is 617. The van der Waals surface area contributed by atoms with Gasteiger partial charge in [0.2, 0.25) is 0 Å². The zero-order valence-corrected chi connectivity index (χ0v) is 15.2. The van der Waals surface area contributed by atoms with E-state index in [-0.39, 0.29) is 0 Å². The van der Waals surface area contributed by atoms with Gasteiger partial charge in [-0.1, -0.05) is 31.0 Å². The van der Waals surface area contributed by atoms with Crippen molar-refractivity contribution in [2.45, 2.75) is 39.3 Å². The van der Waals surface area contributed by atoms with Crippen LogP contribution in [-0.2, 0) is 13.2 Å². The van der Waals surface area contributed by atoms with Gasteiger partial charge in [0.05, 0.1) is 13.7 Å². The molecule has 0 aliphatic heterocycles. The molecule has 0 unspecified atom stereocenters. The van der Waals surface area contributed by atoms with Crippen molar-refractivity contribution in [1.29, 1.82) is 0 Å². The van der Waals surface area contributed by atoms with Gasteiger partial charge in [0.25, 0.3) is 0 Å². The Labute approximate surface area is 149 Å². The molecule has 1 heterocycles. The maximum absolute atomic E-state index is 5.85. The molecule has 130 valence electrons. The van der Waals surface area contributed by atoms with E-state index in [0.717, 1.165) is 30.2 Å². The largest absolute Gasteiger partial charge is 0.493 e. The number of ether oxygens (including phenoxy) is 2. The van der Waals surface area contributed by atoms with Crippen molar-refractivity contribution < 1.29 is 14.8 Å². The lowest BCUT2D eigenvalue weighted by molar-refractivity contribution is -0.671. The molecule has 0 bridgehead atoms. The summed E-state index contributed by atoms with van der Waals surface area (Å²) in [6.07, 6.45) is 5.54. The van der Waals surface area contributed by atoms with Crippen LogP contribution in [0.2, 0.25) is 5.15 Å². The lowest BCUT2D eigenvalue weighted by Crippen LogP contribution is -2.82. The first-order valence-corrected chi connectivity index (χ1v) is 8.82. The van der Waals surface area contributed by atoms with Gasteiger partial charge in [-0.15, -0.1) is 0 Å². The van der Waals surface area contributed by atoms with Crippen molar-refractivity contribution in [2.75, 3.05) is 13.7 Å². The minimum Gasteiger partial charge on any atom is -0.493 e. The third-order valence-corrected chi connectivity index (χ3v) is 4.03. The fourth-order valence-electron chi connectivity index (χ4n) is 2.42. The van der Waals surface area contributed by atoms with Crippen LogP contribution in [0.15, 0.2) is 36.5 Å². The van der Waals surface area contributed by atoms with Crippen molar-refractivity contribution in [1.82, 2.24) is 4.98 Å². The van der Waals surface area contributed by atoms with Crippen LogP contribution < -0.4 is 14.8 Å². The summed E-state index contributed by atoms with van der Waals surface area (Å²) < 4.78 is 11.3. The molecule has 5 heteroatoms. The summed E-state index contributed by atoms with van der Waals surface area (Å²) in [6.45, 7) is 4.78. The second-order valence-electron chi connectivity index (χ2n) is 5.75. The van der Waals surface area contributed by atoms with Gasteiger partial charge in [-0.2, -0.15) is 0 Å². The molecule has 0 amide bonds. The predicted molar refractivity (Wildman–Crippen MR) is 96.6 cm³/mol. The number of benzene rings is 1. The number of methoxy groups -OCH3 is 1. The summed E-state index contributed by atoms with van der Waals surface area (Å²) in [5.41, 5.74) is 2.21. The van der Waals surface area contributed by atoms with E-state index in [4.69, 9.17) is 21.1 Å². The average Bonchev–Trinajstić information content (AvgIpc) is 2.61. The summed E-state index contributed by atoms with van der Waals surface area (Å²) in [7, 11) is 1.67. The van der Waals surface area contributed by atoms with Gasteiger partial charge in [-0.3, -0.25) is 0 Å². The van der Waals surface area contributed by atoms with Crippen molar-refractivity contribution in [3.8, 4) is 11.5 Å². The van der Waals surface area contributed by atoms with Gasteiger partial charge in [-0.05, 0) is 37.1 Å². The van der Waals surface area contributed by atoms with Crippen LogP contribution in [0.4, 0.5) is 0 Å². The molecule has 0 spiro atoms. The number of aromatic nitrogens is 1. The lowest BCUT2D eigenvalue weighted by atomic mass is 10.2. The molecule has 4 nitrogen and oxygen atoms in total. The topological polar surface area (TPSA) is 48.0 Å². The molecule has 0 saturated heterocycles. The maximum atomic E-state index is 5.85. The van der Waals surface area contributed by atoms with Gasteiger partial charge in [0, 0.05) is 17.3 Å². The summed E-state index contributed by atoms with van der Waals surface area (Å²) in [6, 6.07) is 9.77. The Kier molecular flexibility index (Phi) is 7.86. The van der Waals surface area contributed by atoms with E-state index in [0.29, 0.717) is 11.8 Å². The van der Waals surface area contributed by atoms with Crippen LogP contribution in [0.25, 0.3) is 0 Å².